The number of aromatic nitrogens is 2. The number of anilines is 1. The second kappa shape index (κ2) is 7.08. The first kappa shape index (κ1) is 14.6. The molecule has 2 N–H and O–H groups in total. The van der Waals surface area contributed by atoms with Gasteiger partial charge in [0.25, 0.3) is 0 Å². The van der Waals surface area contributed by atoms with Crippen LogP contribution in [0, 0.1) is 22.7 Å². The van der Waals surface area contributed by atoms with Crippen LogP contribution in [0.5, 0.6) is 0 Å². The molecule has 0 saturated carbocycles. The van der Waals surface area contributed by atoms with E-state index in [9.17, 15) is 4.79 Å². The highest BCUT2D eigenvalue weighted by atomic mass is 32.2. The van der Waals surface area contributed by atoms with E-state index in [1.54, 1.807) is 0 Å². The minimum Gasteiger partial charge on any atom is -0.360 e. The summed E-state index contributed by atoms with van der Waals surface area (Å²) in [6, 6.07) is 1.83. The van der Waals surface area contributed by atoms with Crippen molar-refractivity contribution in [1.29, 1.82) is 10.7 Å². The lowest BCUT2D eigenvalue weighted by Gasteiger charge is -2.03. The number of rotatable bonds is 7. The largest absolute Gasteiger partial charge is 0.360 e. The van der Waals surface area contributed by atoms with E-state index in [-0.39, 0.29) is 17.2 Å². The lowest BCUT2D eigenvalue weighted by Crippen LogP contribution is -2.21. The Morgan fingerprint density at radius 3 is 2.94 bits per heavy atom. The number of carbonyl (C=O) groups excluding carboxylic acids is 1. The van der Waals surface area contributed by atoms with Crippen LogP contribution in [0.2, 0.25) is 0 Å². The van der Waals surface area contributed by atoms with Gasteiger partial charge in [-0.2, -0.15) is 5.26 Å². The van der Waals surface area contributed by atoms with Crippen molar-refractivity contribution in [1.82, 2.24) is 10.2 Å². The van der Waals surface area contributed by atoms with Crippen LogP contribution in [-0.2, 0) is 4.79 Å². The molecule has 0 aliphatic heterocycles. The molecule has 1 aromatic rings. The molecule has 18 heavy (non-hydrogen) atoms. The zero-order chi connectivity index (χ0) is 13.5. The van der Waals surface area contributed by atoms with Gasteiger partial charge in [0.05, 0.1) is 11.8 Å². The Hall–Kier alpha value is -1.46. The van der Waals surface area contributed by atoms with E-state index in [1.165, 1.54) is 30.0 Å². The topological polar surface area (TPSA) is 103 Å². The van der Waals surface area contributed by atoms with E-state index in [4.69, 9.17) is 10.7 Å². The van der Waals surface area contributed by atoms with Gasteiger partial charge in [0, 0.05) is 12.3 Å². The van der Waals surface area contributed by atoms with Crippen LogP contribution in [-0.4, -0.2) is 34.0 Å². The van der Waals surface area contributed by atoms with Gasteiger partial charge in [-0.1, -0.05) is 23.1 Å². The number of nitrogens with one attached hydrogen (secondary N) is 2. The maximum Gasteiger partial charge on any atom is 0.206 e. The fourth-order valence-corrected chi connectivity index (χ4v) is 2.84. The number of Topliss-reactive ketones (excluding diaryl/α,β-unsaturated/α-hetero) is 1. The van der Waals surface area contributed by atoms with Crippen molar-refractivity contribution in [2.75, 3.05) is 17.6 Å². The molecule has 0 fully saturated rings. The van der Waals surface area contributed by atoms with Gasteiger partial charge in [0.2, 0.25) is 5.13 Å². The third kappa shape index (κ3) is 4.09. The molecule has 0 aliphatic carbocycles. The molecular weight excluding hydrogens is 270 g/mol. The lowest BCUT2D eigenvalue weighted by molar-refractivity contribution is -0.117. The van der Waals surface area contributed by atoms with Gasteiger partial charge in [-0.25, -0.2) is 0 Å². The standard InChI is InChI=1S/C10H13N5OS2/c1-3-13-9-14-15-10(18-9)17-5-8(16)7(4-11)6(2)12/h7,12H,3,5H2,1-2H3,(H,13,14)/t7-/m1/s1. The summed E-state index contributed by atoms with van der Waals surface area (Å²) in [4.78, 5) is 11.7. The molecule has 1 rings (SSSR count). The highest BCUT2D eigenvalue weighted by Crippen LogP contribution is 2.25. The fourth-order valence-electron chi connectivity index (χ4n) is 1.12. The predicted molar refractivity (Wildman–Crippen MR) is 72.3 cm³/mol. The molecule has 1 heterocycles. The summed E-state index contributed by atoms with van der Waals surface area (Å²) in [5, 5.41) is 27.7. The van der Waals surface area contributed by atoms with Gasteiger partial charge in [0.1, 0.15) is 5.92 Å². The van der Waals surface area contributed by atoms with Crippen LogP contribution in [0.1, 0.15) is 13.8 Å². The SMILES string of the molecule is CCNc1nnc(SCC(=O)[C@H](C#N)C(C)=N)s1. The van der Waals surface area contributed by atoms with Gasteiger partial charge in [-0.05, 0) is 13.8 Å². The van der Waals surface area contributed by atoms with Crippen molar-refractivity contribution >= 4 is 39.7 Å². The van der Waals surface area contributed by atoms with Crippen molar-refractivity contribution in [3.8, 4) is 6.07 Å². The second-order valence-electron chi connectivity index (χ2n) is 3.40. The van der Waals surface area contributed by atoms with Gasteiger partial charge in [-0.15, -0.1) is 10.2 Å². The third-order valence-corrected chi connectivity index (χ3v) is 3.99. The van der Waals surface area contributed by atoms with E-state index < -0.39 is 5.92 Å². The molecule has 1 atom stereocenters. The Morgan fingerprint density at radius 1 is 1.67 bits per heavy atom. The van der Waals surface area contributed by atoms with E-state index in [2.05, 4.69) is 15.5 Å². The monoisotopic (exact) mass is 283 g/mol. The molecule has 0 spiro atoms. The number of nitriles is 1. The number of hydrogen-bond acceptors (Lipinski definition) is 8. The molecule has 0 unspecified atom stereocenters. The molecule has 0 saturated heterocycles. The quantitative estimate of drug-likeness (QED) is 0.584. The van der Waals surface area contributed by atoms with Gasteiger partial charge in [-0.3, -0.25) is 4.79 Å². The Bertz CT molecular complexity index is 479. The van der Waals surface area contributed by atoms with Crippen LogP contribution in [0.15, 0.2) is 4.34 Å². The Balaban J connectivity index is 2.51. The number of nitrogens with zero attached hydrogens (tertiary/aromatic N) is 3. The minimum atomic E-state index is -0.946. The lowest BCUT2D eigenvalue weighted by atomic mass is 10.0. The Kier molecular flexibility index (Phi) is 5.74. The molecule has 0 aliphatic rings. The van der Waals surface area contributed by atoms with Crippen molar-refractivity contribution in [3.05, 3.63) is 0 Å². The average molecular weight is 283 g/mol. The molecule has 0 bridgehead atoms. The third-order valence-electron chi connectivity index (χ3n) is 1.96. The maximum atomic E-state index is 11.7. The molecular formula is C10H13N5OS2. The maximum absolute atomic E-state index is 11.7. The minimum absolute atomic E-state index is 0.0775. The van der Waals surface area contributed by atoms with E-state index in [1.807, 2.05) is 13.0 Å². The first-order valence-corrected chi connectivity index (χ1v) is 7.06. The summed E-state index contributed by atoms with van der Waals surface area (Å²) in [6.45, 7) is 4.19. The first-order valence-electron chi connectivity index (χ1n) is 5.26. The number of thioether (sulfide) groups is 1. The van der Waals surface area contributed by atoms with Gasteiger partial charge in [0.15, 0.2) is 10.1 Å². The van der Waals surface area contributed by atoms with E-state index in [0.29, 0.717) is 9.47 Å². The predicted octanol–water partition coefficient (Wildman–Crippen LogP) is 1.81. The number of ketones is 1. The highest BCUT2D eigenvalue weighted by molar-refractivity contribution is 8.01. The summed E-state index contributed by atoms with van der Waals surface area (Å²) in [5.74, 6) is -1.08. The molecule has 8 heteroatoms. The molecule has 1 aromatic heterocycles. The summed E-state index contributed by atoms with van der Waals surface area (Å²) in [5.41, 5.74) is 0.0775. The molecule has 0 aromatic carbocycles. The summed E-state index contributed by atoms with van der Waals surface area (Å²) < 4.78 is 0.679. The van der Waals surface area contributed by atoms with Crippen LogP contribution in [0.4, 0.5) is 5.13 Å². The average Bonchev–Trinajstić information content (AvgIpc) is 2.75. The molecule has 0 radical (unpaired) electrons. The van der Waals surface area contributed by atoms with Crippen molar-refractivity contribution < 1.29 is 4.79 Å². The summed E-state index contributed by atoms with van der Waals surface area (Å²) >= 11 is 2.61. The van der Waals surface area contributed by atoms with Crippen molar-refractivity contribution in [2.45, 2.75) is 18.2 Å². The Morgan fingerprint density at radius 2 is 2.39 bits per heavy atom. The van der Waals surface area contributed by atoms with Crippen LogP contribution < -0.4 is 5.32 Å². The summed E-state index contributed by atoms with van der Waals surface area (Å²) in [6.07, 6.45) is 0. The molecule has 6 nitrogen and oxygen atoms in total. The normalized spacial score (nSPS) is 11.6. The van der Waals surface area contributed by atoms with Crippen molar-refractivity contribution in [2.24, 2.45) is 5.92 Å². The van der Waals surface area contributed by atoms with Gasteiger partial charge >= 0.3 is 0 Å². The second-order valence-corrected chi connectivity index (χ2v) is 5.60. The smallest absolute Gasteiger partial charge is 0.206 e. The number of carbonyl (C=O) groups is 1. The zero-order valence-electron chi connectivity index (χ0n) is 10.1. The fraction of sp³-hybridized carbons (Fsp3) is 0.500. The molecule has 0 amide bonds. The summed E-state index contributed by atoms with van der Waals surface area (Å²) in [7, 11) is 0. The van der Waals surface area contributed by atoms with E-state index in [0.717, 1.165) is 6.54 Å². The van der Waals surface area contributed by atoms with Crippen molar-refractivity contribution in [3.63, 3.8) is 0 Å². The highest BCUT2D eigenvalue weighted by Gasteiger charge is 2.20. The van der Waals surface area contributed by atoms with Crippen LogP contribution in [0.25, 0.3) is 0 Å². The van der Waals surface area contributed by atoms with Crippen LogP contribution in [0.3, 0.4) is 0 Å². The number of hydrogen-bond donors (Lipinski definition) is 2. The Labute approximate surface area is 113 Å². The first-order chi connectivity index (χ1) is 8.58. The van der Waals surface area contributed by atoms with Crippen LogP contribution >= 0.6 is 23.1 Å². The van der Waals surface area contributed by atoms with Gasteiger partial charge < -0.3 is 10.7 Å². The van der Waals surface area contributed by atoms with E-state index >= 15 is 0 Å². The molecule has 96 valence electrons. The zero-order valence-corrected chi connectivity index (χ0v) is 11.7.